The lowest BCUT2D eigenvalue weighted by atomic mass is 9.77. The van der Waals surface area contributed by atoms with Crippen molar-refractivity contribution in [1.82, 2.24) is 0 Å². The molecule has 0 N–H and O–H groups in total. The van der Waals surface area contributed by atoms with Gasteiger partial charge in [0.05, 0.1) is 0 Å². The van der Waals surface area contributed by atoms with Crippen LogP contribution in [0.2, 0.25) is 0 Å². The summed E-state index contributed by atoms with van der Waals surface area (Å²) in [6, 6.07) is 0. The summed E-state index contributed by atoms with van der Waals surface area (Å²) in [6.45, 7) is 10.6. The summed E-state index contributed by atoms with van der Waals surface area (Å²) in [5.74, 6) is 0.457. The number of carbonyl (C=O) groups is 1. The minimum atomic E-state index is -0.0961. The van der Waals surface area contributed by atoms with Crippen molar-refractivity contribution in [2.45, 2.75) is 73.1 Å². The molecule has 0 bridgehead atoms. The molecule has 0 saturated heterocycles. The molecular weight excluding hydrogens is 196 g/mol. The lowest BCUT2D eigenvalue weighted by Crippen LogP contribution is -2.26. The third-order valence-corrected chi connectivity index (χ3v) is 3.46. The Morgan fingerprint density at radius 3 is 2.31 bits per heavy atom. The molecule has 0 heterocycles. The lowest BCUT2D eigenvalue weighted by Gasteiger charge is -2.26. The Labute approximate surface area is 101 Å². The maximum atomic E-state index is 12.1. The predicted molar refractivity (Wildman–Crippen MR) is 71.6 cm³/mol. The summed E-state index contributed by atoms with van der Waals surface area (Å²) in [4.78, 5) is 12.1. The van der Waals surface area contributed by atoms with E-state index in [4.69, 9.17) is 0 Å². The number of allylic oxidation sites excluding steroid dienone is 2. The van der Waals surface area contributed by atoms with E-state index in [0.29, 0.717) is 5.78 Å². The summed E-state index contributed by atoms with van der Waals surface area (Å²) < 4.78 is 0. The quantitative estimate of drug-likeness (QED) is 0.535. The van der Waals surface area contributed by atoms with Gasteiger partial charge in [-0.1, -0.05) is 38.8 Å². The van der Waals surface area contributed by atoms with E-state index in [-0.39, 0.29) is 5.41 Å². The summed E-state index contributed by atoms with van der Waals surface area (Å²) in [7, 11) is 0. The number of Topliss-reactive ketones (excluding diaryl/α,β-unsaturated/α-hetero) is 1. The standard InChI is InChI=1S/C15H28O/c1-6-8-11-14(16)15(5,7-2)12-9-10-13(3)4/h10H,6-9,11-12H2,1-5H3. The number of hydrogen-bond acceptors (Lipinski definition) is 1. The van der Waals surface area contributed by atoms with Crippen LogP contribution in [0.25, 0.3) is 0 Å². The van der Waals surface area contributed by atoms with E-state index in [9.17, 15) is 4.79 Å². The van der Waals surface area contributed by atoms with Gasteiger partial charge in [-0.05, 0) is 39.5 Å². The van der Waals surface area contributed by atoms with Gasteiger partial charge in [0.1, 0.15) is 5.78 Å². The molecule has 0 fully saturated rings. The summed E-state index contributed by atoms with van der Waals surface area (Å²) in [5.41, 5.74) is 1.25. The Kier molecular flexibility index (Phi) is 7.36. The van der Waals surface area contributed by atoms with Gasteiger partial charge in [-0.15, -0.1) is 0 Å². The van der Waals surface area contributed by atoms with Gasteiger partial charge in [-0.25, -0.2) is 0 Å². The third kappa shape index (κ3) is 5.48. The Hall–Kier alpha value is -0.590. The van der Waals surface area contributed by atoms with Crippen LogP contribution in [0.5, 0.6) is 0 Å². The highest BCUT2D eigenvalue weighted by atomic mass is 16.1. The fourth-order valence-electron chi connectivity index (χ4n) is 1.83. The molecule has 1 nitrogen and oxygen atoms in total. The van der Waals surface area contributed by atoms with Crippen molar-refractivity contribution in [3.8, 4) is 0 Å². The van der Waals surface area contributed by atoms with Crippen molar-refractivity contribution in [1.29, 1.82) is 0 Å². The molecule has 1 atom stereocenters. The molecule has 16 heavy (non-hydrogen) atoms. The van der Waals surface area contributed by atoms with Crippen molar-refractivity contribution in [2.24, 2.45) is 5.41 Å². The van der Waals surface area contributed by atoms with E-state index in [1.54, 1.807) is 0 Å². The van der Waals surface area contributed by atoms with Crippen molar-refractivity contribution in [3.05, 3.63) is 11.6 Å². The van der Waals surface area contributed by atoms with E-state index >= 15 is 0 Å². The average molecular weight is 224 g/mol. The zero-order valence-corrected chi connectivity index (χ0v) is 11.7. The number of hydrogen-bond donors (Lipinski definition) is 0. The molecule has 0 aromatic heterocycles. The molecule has 0 aromatic rings. The monoisotopic (exact) mass is 224 g/mol. The van der Waals surface area contributed by atoms with Crippen LogP contribution in [-0.4, -0.2) is 5.78 Å². The first kappa shape index (κ1) is 15.4. The van der Waals surface area contributed by atoms with Gasteiger partial charge in [0.25, 0.3) is 0 Å². The summed E-state index contributed by atoms with van der Waals surface area (Å²) >= 11 is 0. The highest BCUT2D eigenvalue weighted by molar-refractivity contribution is 5.84. The summed E-state index contributed by atoms with van der Waals surface area (Å²) in [6.07, 6.45) is 8.14. The highest BCUT2D eigenvalue weighted by Crippen LogP contribution is 2.31. The molecule has 0 aliphatic rings. The minimum Gasteiger partial charge on any atom is -0.299 e. The summed E-state index contributed by atoms with van der Waals surface area (Å²) in [5, 5.41) is 0. The second-order valence-electron chi connectivity index (χ2n) is 5.26. The van der Waals surface area contributed by atoms with Crippen LogP contribution >= 0.6 is 0 Å². The first-order chi connectivity index (χ1) is 7.46. The van der Waals surface area contributed by atoms with E-state index < -0.39 is 0 Å². The minimum absolute atomic E-state index is 0.0961. The van der Waals surface area contributed by atoms with Crippen LogP contribution in [0.15, 0.2) is 11.6 Å². The molecule has 0 amide bonds. The van der Waals surface area contributed by atoms with Crippen LogP contribution in [0.1, 0.15) is 73.1 Å². The van der Waals surface area contributed by atoms with E-state index in [2.05, 4.69) is 40.7 Å². The SMILES string of the molecule is CCCCC(=O)C(C)(CC)CCC=C(C)C. The fraction of sp³-hybridized carbons (Fsp3) is 0.800. The van der Waals surface area contributed by atoms with E-state index in [1.165, 1.54) is 5.57 Å². The molecule has 0 spiro atoms. The molecular formula is C15H28O. The Balaban J connectivity index is 4.29. The number of ketones is 1. The smallest absolute Gasteiger partial charge is 0.138 e. The van der Waals surface area contributed by atoms with Crippen LogP contribution in [0.4, 0.5) is 0 Å². The number of unbranched alkanes of at least 4 members (excludes halogenated alkanes) is 1. The van der Waals surface area contributed by atoms with Gasteiger partial charge in [-0.2, -0.15) is 0 Å². The molecule has 0 aliphatic carbocycles. The van der Waals surface area contributed by atoms with Crippen LogP contribution in [0, 0.1) is 5.41 Å². The largest absolute Gasteiger partial charge is 0.299 e. The van der Waals surface area contributed by atoms with Gasteiger partial charge < -0.3 is 0 Å². The lowest BCUT2D eigenvalue weighted by molar-refractivity contribution is -0.128. The van der Waals surface area contributed by atoms with Crippen LogP contribution < -0.4 is 0 Å². The zero-order valence-electron chi connectivity index (χ0n) is 11.7. The average Bonchev–Trinajstić information content (AvgIpc) is 2.24. The first-order valence-electron chi connectivity index (χ1n) is 6.63. The highest BCUT2D eigenvalue weighted by Gasteiger charge is 2.29. The molecule has 1 heteroatoms. The van der Waals surface area contributed by atoms with Gasteiger partial charge in [0, 0.05) is 11.8 Å². The number of carbonyl (C=O) groups excluding carboxylic acids is 1. The molecule has 0 aromatic carbocycles. The third-order valence-electron chi connectivity index (χ3n) is 3.46. The molecule has 94 valence electrons. The molecule has 0 rings (SSSR count). The fourth-order valence-corrected chi connectivity index (χ4v) is 1.83. The van der Waals surface area contributed by atoms with Gasteiger partial charge in [-0.3, -0.25) is 4.79 Å². The zero-order chi connectivity index (χ0) is 12.6. The number of rotatable bonds is 8. The van der Waals surface area contributed by atoms with Gasteiger partial charge in [0.2, 0.25) is 0 Å². The maximum absolute atomic E-state index is 12.1. The van der Waals surface area contributed by atoms with Crippen molar-refractivity contribution in [3.63, 3.8) is 0 Å². The maximum Gasteiger partial charge on any atom is 0.138 e. The van der Waals surface area contributed by atoms with Gasteiger partial charge in [0.15, 0.2) is 0 Å². The van der Waals surface area contributed by atoms with E-state index in [1.807, 2.05) is 0 Å². The Bertz CT molecular complexity index is 236. The van der Waals surface area contributed by atoms with Crippen molar-refractivity contribution in [2.75, 3.05) is 0 Å². The second kappa shape index (κ2) is 7.65. The second-order valence-corrected chi connectivity index (χ2v) is 5.26. The molecule has 1 unspecified atom stereocenters. The van der Waals surface area contributed by atoms with Gasteiger partial charge >= 0.3 is 0 Å². The Morgan fingerprint density at radius 2 is 1.88 bits per heavy atom. The molecule has 0 aliphatic heterocycles. The normalized spacial score (nSPS) is 14.3. The molecule has 0 radical (unpaired) electrons. The molecule has 0 saturated carbocycles. The van der Waals surface area contributed by atoms with Crippen LogP contribution in [0.3, 0.4) is 0 Å². The van der Waals surface area contributed by atoms with E-state index in [0.717, 1.165) is 38.5 Å². The van der Waals surface area contributed by atoms with Crippen molar-refractivity contribution >= 4 is 5.78 Å². The predicted octanol–water partition coefficient (Wildman–Crippen LogP) is 4.91. The van der Waals surface area contributed by atoms with Crippen molar-refractivity contribution < 1.29 is 4.79 Å². The first-order valence-corrected chi connectivity index (χ1v) is 6.63. The topological polar surface area (TPSA) is 17.1 Å². The van der Waals surface area contributed by atoms with Crippen LogP contribution in [-0.2, 0) is 4.79 Å². The Morgan fingerprint density at radius 1 is 1.25 bits per heavy atom.